The molecule has 2 heterocycles. The molecule has 0 aliphatic heterocycles. The Morgan fingerprint density at radius 3 is 2.74 bits per heavy atom. The van der Waals surface area contributed by atoms with Gasteiger partial charge in [-0.2, -0.15) is 0 Å². The molecule has 1 aromatic carbocycles. The minimum absolute atomic E-state index is 0.724. The third kappa shape index (κ3) is 2.27. The van der Waals surface area contributed by atoms with Crippen molar-refractivity contribution < 1.29 is 0 Å². The van der Waals surface area contributed by atoms with Crippen LogP contribution in [0.15, 0.2) is 43.0 Å². The number of aromatic nitrogens is 4. The molecule has 0 radical (unpaired) electrons. The van der Waals surface area contributed by atoms with Crippen LogP contribution in [0.25, 0.3) is 11.2 Å². The zero-order valence-corrected chi connectivity index (χ0v) is 10.7. The predicted molar refractivity (Wildman–Crippen MR) is 75.0 cm³/mol. The van der Waals surface area contributed by atoms with Gasteiger partial charge in [-0.05, 0) is 12.5 Å². The Labute approximate surface area is 111 Å². The lowest BCUT2D eigenvalue weighted by molar-refractivity contribution is 0.823. The van der Waals surface area contributed by atoms with Gasteiger partial charge in [0.25, 0.3) is 0 Å². The van der Waals surface area contributed by atoms with Gasteiger partial charge in [-0.3, -0.25) is 0 Å². The highest BCUT2D eigenvalue weighted by Gasteiger charge is 2.09. The Bertz CT molecular complexity index is 675. The Morgan fingerprint density at radius 1 is 1.11 bits per heavy atom. The predicted octanol–water partition coefficient (Wildman–Crippen LogP) is 2.31. The molecular formula is C14H15N5. The fourth-order valence-corrected chi connectivity index (χ4v) is 2.11. The standard InChI is InChI=1S/C14H15N5/c1-2-15-13-12-14(17-9-16-13)18-10-19(12)8-11-6-4-3-5-7-11/h3-7,9-10H,2,8H2,1H3,(H,15,16,17). The summed E-state index contributed by atoms with van der Waals surface area (Å²) in [5, 5.41) is 3.25. The van der Waals surface area contributed by atoms with E-state index in [9.17, 15) is 0 Å². The summed E-state index contributed by atoms with van der Waals surface area (Å²) in [7, 11) is 0. The highest BCUT2D eigenvalue weighted by Crippen LogP contribution is 2.19. The smallest absolute Gasteiger partial charge is 0.182 e. The first-order chi connectivity index (χ1) is 9.38. The minimum Gasteiger partial charge on any atom is -0.368 e. The van der Waals surface area contributed by atoms with E-state index in [4.69, 9.17) is 0 Å². The Balaban J connectivity index is 2.04. The van der Waals surface area contributed by atoms with Gasteiger partial charge < -0.3 is 9.88 Å². The van der Waals surface area contributed by atoms with E-state index in [-0.39, 0.29) is 0 Å². The second-order valence-electron chi connectivity index (χ2n) is 4.28. The van der Waals surface area contributed by atoms with Gasteiger partial charge in [-0.1, -0.05) is 30.3 Å². The molecule has 0 fully saturated rings. The first-order valence-corrected chi connectivity index (χ1v) is 6.32. The molecule has 0 bridgehead atoms. The van der Waals surface area contributed by atoms with Crippen molar-refractivity contribution in [3.8, 4) is 0 Å². The van der Waals surface area contributed by atoms with Crippen molar-refractivity contribution in [1.82, 2.24) is 19.5 Å². The van der Waals surface area contributed by atoms with Crippen LogP contribution in [-0.2, 0) is 6.54 Å². The van der Waals surface area contributed by atoms with Crippen LogP contribution in [-0.4, -0.2) is 26.1 Å². The van der Waals surface area contributed by atoms with Crippen LogP contribution in [0.1, 0.15) is 12.5 Å². The highest BCUT2D eigenvalue weighted by molar-refractivity contribution is 5.82. The maximum atomic E-state index is 4.33. The van der Waals surface area contributed by atoms with Crippen molar-refractivity contribution in [2.75, 3.05) is 11.9 Å². The van der Waals surface area contributed by atoms with Crippen molar-refractivity contribution in [2.24, 2.45) is 0 Å². The normalized spacial score (nSPS) is 10.8. The topological polar surface area (TPSA) is 55.6 Å². The minimum atomic E-state index is 0.724. The molecule has 0 unspecified atom stereocenters. The van der Waals surface area contributed by atoms with E-state index in [0.717, 1.165) is 30.1 Å². The third-order valence-electron chi connectivity index (χ3n) is 2.95. The molecule has 0 amide bonds. The number of rotatable bonds is 4. The number of benzene rings is 1. The number of hydrogen-bond donors (Lipinski definition) is 1. The lowest BCUT2D eigenvalue weighted by Crippen LogP contribution is -2.05. The number of nitrogens with zero attached hydrogens (tertiary/aromatic N) is 4. The van der Waals surface area contributed by atoms with Crippen LogP contribution >= 0.6 is 0 Å². The van der Waals surface area contributed by atoms with Gasteiger partial charge in [0, 0.05) is 13.1 Å². The molecule has 0 spiro atoms. The van der Waals surface area contributed by atoms with Crippen molar-refractivity contribution in [3.05, 3.63) is 48.5 Å². The molecule has 0 atom stereocenters. The molecule has 0 saturated heterocycles. The molecule has 0 aliphatic rings. The van der Waals surface area contributed by atoms with Gasteiger partial charge in [0.15, 0.2) is 11.5 Å². The van der Waals surface area contributed by atoms with Crippen LogP contribution in [0.3, 0.4) is 0 Å². The molecule has 0 saturated carbocycles. The fourth-order valence-electron chi connectivity index (χ4n) is 2.11. The van der Waals surface area contributed by atoms with Gasteiger partial charge in [-0.15, -0.1) is 0 Å². The molecular weight excluding hydrogens is 238 g/mol. The summed E-state index contributed by atoms with van der Waals surface area (Å²) < 4.78 is 2.07. The number of nitrogens with one attached hydrogen (secondary N) is 1. The van der Waals surface area contributed by atoms with Crippen LogP contribution in [0, 0.1) is 0 Å². The molecule has 5 heteroatoms. The van der Waals surface area contributed by atoms with E-state index in [1.54, 1.807) is 6.33 Å². The molecule has 96 valence electrons. The zero-order chi connectivity index (χ0) is 13.1. The van der Waals surface area contributed by atoms with Crippen molar-refractivity contribution in [2.45, 2.75) is 13.5 Å². The second kappa shape index (κ2) is 5.06. The Morgan fingerprint density at radius 2 is 1.95 bits per heavy atom. The van der Waals surface area contributed by atoms with Crippen molar-refractivity contribution in [3.63, 3.8) is 0 Å². The summed E-state index contributed by atoms with van der Waals surface area (Å²) >= 11 is 0. The summed E-state index contributed by atoms with van der Waals surface area (Å²) in [5.41, 5.74) is 2.91. The zero-order valence-electron chi connectivity index (χ0n) is 10.7. The number of anilines is 1. The van der Waals surface area contributed by atoms with E-state index in [1.807, 2.05) is 31.5 Å². The van der Waals surface area contributed by atoms with Gasteiger partial charge in [0.05, 0.1) is 6.33 Å². The van der Waals surface area contributed by atoms with E-state index in [0.29, 0.717) is 0 Å². The van der Waals surface area contributed by atoms with Gasteiger partial charge in [-0.25, -0.2) is 15.0 Å². The molecule has 19 heavy (non-hydrogen) atoms. The summed E-state index contributed by atoms with van der Waals surface area (Å²) in [5.74, 6) is 0.834. The van der Waals surface area contributed by atoms with Gasteiger partial charge >= 0.3 is 0 Å². The van der Waals surface area contributed by atoms with Crippen LogP contribution in [0.4, 0.5) is 5.82 Å². The number of hydrogen-bond acceptors (Lipinski definition) is 4. The molecule has 1 N–H and O–H groups in total. The average Bonchev–Trinajstić information content (AvgIpc) is 2.85. The number of imidazole rings is 1. The summed E-state index contributed by atoms with van der Waals surface area (Å²) in [4.78, 5) is 12.8. The van der Waals surface area contributed by atoms with Gasteiger partial charge in [0.1, 0.15) is 11.8 Å². The van der Waals surface area contributed by atoms with E-state index >= 15 is 0 Å². The lowest BCUT2D eigenvalue weighted by Gasteiger charge is -2.08. The molecule has 3 aromatic rings. The maximum absolute atomic E-state index is 4.33. The van der Waals surface area contributed by atoms with Crippen molar-refractivity contribution in [1.29, 1.82) is 0 Å². The van der Waals surface area contributed by atoms with E-state index in [2.05, 4.69) is 37.0 Å². The molecule has 0 aliphatic carbocycles. The molecule has 2 aromatic heterocycles. The SMILES string of the molecule is CCNc1ncnc2ncn(Cc3ccccc3)c12. The first kappa shape index (κ1) is 11.6. The maximum Gasteiger partial charge on any atom is 0.182 e. The second-order valence-corrected chi connectivity index (χ2v) is 4.28. The van der Waals surface area contributed by atoms with Gasteiger partial charge in [0.2, 0.25) is 0 Å². The third-order valence-corrected chi connectivity index (χ3v) is 2.95. The van der Waals surface area contributed by atoms with E-state index in [1.165, 1.54) is 5.56 Å². The fraction of sp³-hybridized carbons (Fsp3) is 0.214. The first-order valence-electron chi connectivity index (χ1n) is 6.32. The van der Waals surface area contributed by atoms with E-state index < -0.39 is 0 Å². The quantitative estimate of drug-likeness (QED) is 0.775. The lowest BCUT2D eigenvalue weighted by atomic mass is 10.2. The molecule has 5 nitrogen and oxygen atoms in total. The molecule has 3 rings (SSSR count). The van der Waals surface area contributed by atoms with Crippen molar-refractivity contribution >= 4 is 17.0 Å². The highest BCUT2D eigenvalue weighted by atomic mass is 15.1. The Kier molecular flexibility index (Phi) is 3.10. The summed E-state index contributed by atoms with van der Waals surface area (Å²) in [6.45, 7) is 3.64. The van der Waals surface area contributed by atoms with Crippen LogP contribution in [0.5, 0.6) is 0 Å². The van der Waals surface area contributed by atoms with Crippen LogP contribution < -0.4 is 5.32 Å². The largest absolute Gasteiger partial charge is 0.368 e. The number of fused-ring (bicyclic) bond motifs is 1. The van der Waals surface area contributed by atoms with Crippen LogP contribution in [0.2, 0.25) is 0 Å². The monoisotopic (exact) mass is 253 g/mol. The summed E-state index contributed by atoms with van der Waals surface area (Å²) in [6.07, 6.45) is 3.35. The Hall–Kier alpha value is -2.43. The summed E-state index contributed by atoms with van der Waals surface area (Å²) in [6, 6.07) is 10.3. The average molecular weight is 253 g/mol.